The monoisotopic (exact) mass is 369 g/mol. The van der Waals surface area contributed by atoms with E-state index in [1.807, 2.05) is 62.4 Å². The molecule has 128 valence electrons. The number of para-hydroxylation sites is 4. The molecule has 0 saturated heterocycles. The Labute approximate surface area is 171 Å². The molecule has 0 aliphatic carbocycles. The molecule has 25 heavy (non-hydrogen) atoms. The van der Waals surface area contributed by atoms with E-state index in [0.717, 1.165) is 22.9 Å². The van der Waals surface area contributed by atoms with Crippen LogP contribution in [0.25, 0.3) is 0 Å². The molecule has 2 aromatic carbocycles. The maximum atomic E-state index is 10.9. The first-order valence-electron chi connectivity index (χ1n) is 7.88. The van der Waals surface area contributed by atoms with Gasteiger partial charge in [0.05, 0.1) is 21.5 Å². The van der Waals surface area contributed by atoms with Crippen molar-refractivity contribution in [2.45, 2.75) is 32.2 Å². The fraction of sp³-hybridized carbons (Fsp3) is 0.333. The fourth-order valence-corrected chi connectivity index (χ4v) is 3.65. The van der Waals surface area contributed by atoms with Gasteiger partial charge in [-0.25, -0.2) is 8.42 Å². The second kappa shape index (κ2) is 7.68. The Hall–Kier alpha value is -1.05. The van der Waals surface area contributed by atoms with Crippen LogP contribution in [0.5, 0.6) is 11.5 Å². The first-order valence-corrected chi connectivity index (χ1v) is 9.45. The van der Waals surface area contributed by atoms with Crippen LogP contribution in [0.3, 0.4) is 0 Å². The van der Waals surface area contributed by atoms with Crippen LogP contribution in [0.15, 0.2) is 48.5 Å². The summed E-state index contributed by atoms with van der Waals surface area (Å²) in [5, 5.41) is 0. The molecule has 1 heterocycles. The largest absolute Gasteiger partial charge is 1.00 e. The van der Waals surface area contributed by atoms with Gasteiger partial charge in [-0.05, 0) is 51.0 Å². The van der Waals surface area contributed by atoms with E-state index in [1.54, 1.807) is 0 Å². The van der Waals surface area contributed by atoms with Crippen molar-refractivity contribution in [2.24, 2.45) is 0 Å². The smallest absolute Gasteiger partial charge is 0.748 e. The van der Waals surface area contributed by atoms with Crippen LogP contribution >= 0.6 is 0 Å². The average Bonchev–Trinajstić information content (AvgIpc) is 2.50. The molecular formula is C18H20NNaO4S. The van der Waals surface area contributed by atoms with Crippen molar-refractivity contribution in [1.29, 1.82) is 0 Å². The first-order chi connectivity index (χ1) is 11.3. The minimum Gasteiger partial charge on any atom is -0.748 e. The Balaban J connectivity index is 0.00000225. The second-order valence-corrected chi connectivity index (χ2v) is 8.07. The Morgan fingerprint density at radius 2 is 1.48 bits per heavy atom. The van der Waals surface area contributed by atoms with Crippen molar-refractivity contribution in [3.8, 4) is 11.5 Å². The van der Waals surface area contributed by atoms with Crippen LogP contribution < -0.4 is 39.2 Å². The van der Waals surface area contributed by atoms with Crippen LogP contribution in [0.2, 0.25) is 0 Å². The van der Waals surface area contributed by atoms with Gasteiger partial charge in [0.25, 0.3) is 0 Å². The summed E-state index contributed by atoms with van der Waals surface area (Å²) in [7, 11) is -4.19. The molecule has 0 amide bonds. The van der Waals surface area contributed by atoms with Crippen molar-refractivity contribution < 1.29 is 47.3 Å². The van der Waals surface area contributed by atoms with Crippen LogP contribution in [-0.2, 0) is 10.1 Å². The van der Waals surface area contributed by atoms with E-state index in [1.165, 1.54) is 0 Å². The third kappa shape index (κ3) is 4.57. The normalized spacial score (nSPS) is 13.3. The molecule has 0 aromatic heterocycles. The van der Waals surface area contributed by atoms with Crippen LogP contribution in [-0.4, -0.2) is 24.3 Å². The molecule has 0 N–H and O–H groups in total. The second-order valence-electron chi connectivity index (χ2n) is 6.55. The van der Waals surface area contributed by atoms with Gasteiger partial charge in [0.2, 0.25) is 0 Å². The molecule has 0 bridgehead atoms. The molecule has 1 aliphatic heterocycles. The number of rotatable bonds is 5. The molecule has 0 radical (unpaired) electrons. The van der Waals surface area contributed by atoms with E-state index in [2.05, 4.69) is 4.90 Å². The summed E-state index contributed by atoms with van der Waals surface area (Å²) in [4.78, 5) is 2.17. The molecule has 0 spiro atoms. The average molecular weight is 369 g/mol. The number of anilines is 2. The van der Waals surface area contributed by atoms with E-state index in [9.17, 15) is 13.0 Å². The Kier molecular flexibility index (Phi) is 6.22. The Morgan fingerprint density at radius 1 is 1.00 bits per heavy atom. The van der Waals surface area contributed by atoms with E-state index in [0.29, 0.717) is 12.8 Å². The summed E-state index contributed by atoms with van der Waals surface area (Å²) in [5.41, 5.74) is 1.50. The summed E-state index contributed by atoms with van der Waals surface area (Å²) >= 11 is 0. The van der Waals surface area contributed by atoms with E-state index < -0.39 is 10.1 Å². The third-order valence-electron chi connectivity index (χ3n) is 4.22. The third-order valence-corrected chi connectivity index (χ3v) is 5.01. The molecule has 1 aliphatic rings. The summed E-state index contributed by atoms with van der Waals surface area (Å²) in [6, 6.07) is 15.5. The zero-order valence-electron chi connectivity index (χ0n) is 14.7. The van der Waals surface area contributed by atoms with Crippen LogP contribution in [0.4, 0.5) is 11.4 Å². The SMILES string of the molecule is CC(C)(CCCS(=O)(=O)[O-])N1c2ccccc2Oc2ccccc21.[Na+]. The zero-order valence-corrected chi connectivity index (χ0v) is 17.5. The first kappa shape index (κ1) is 20.3. The summed E-state index contributed by atoms with van der Waals surface area (Å²) in [6.07, 6.45) is 0.887. The summed E-state index contributed by atoms with van der Waals surface area (Å²) < 4.78 is 38.7. The van der Waals surface area contributed by atoms with E-state index >= 15 is 0 Å². The number of benzene rings is 2. The topological polar surface area (TPSA) is 69.7 Å². The zero-order chi connectivity index (χ0) is 17.4. The van der Waals surface area contributed by atoms with Crippen LogP contribution in [0, 0.1) is 0 Å². The summed E-state index contributed by atoms with van der Waals surface area (Å²) in [6.45, 7) is 4.09. The van der Waals surface area contributed by atoms with E-state index in [4.69, 9.17) is 4.74 Å². The van der Waals surface area contributed by atoms with Crippen molar-refractivity contribution in [3.63, 3.8) is 0 Å². The number of fused-ring (bicyclic) bond motifs is 2. The number of ether oxygens (including phenoxy) is 1. The van der Waals surface area contributed by atoms with Gasteiger partial charge in [-0.15, -0.1) is 0 Å². The number of hydrogen-bond acceptors (Lipinski definition) is 5. The van der Waals surface area contributed by atoms with Crippen molar-refractivity contribution >= 4 is 21.5 Å². The van der Waals surface area contributed by atoms with Crippen molar-refractivity contribution in [2.75, 3.05) is 10.7 Å². The van der Waals surface area contributed by atoms with Gasteiger partial charge in [0, 0.05) is 11.3 Å². The minimum absolute atomic E-state index is 0. The molecule has 0 unspecified atom stereocenters. The van der Waals surface area contributed by atoms with Crippen molar-refractivity contribution in [1.82, 2.24) is 0 Å². The quantitative estimate of drug-likeness (QED) is 0.582. The molecular weight excluding hydrogens is 349 g/mol. The van der Waals surface area contributed by atoms with Crippen molar-refractivity contribution in [3.05, 3.63) is 48.5 Å². The number of hydrogen-bond donors (Lipinski definition) is 0. The molecule has 3 rings (SSSR count). The predicted octanol–water partition coefficient (Wildman–Crippen LogP) is 1.04. The molecule has 2 aromatic rings. The molecule has 7 heteroatoms. The Morgan fingerprint density at radius 3 is 1.96 bits per heavy atom. The van der Waals surface area contributed by atoms with Gasteiger partial charge in [0.1, 0.15) is 0 Å². The maximum Gasteiger partial charge on any atom is 1.00 e. The van der Waals surface area contributed by atoms with Gasteiger partial charge in [-0.1, -0.05) is 24.3 Å². The number of nitrogens with zero attached hydrogens (tertiary/aromatic N) is 1. The van der Waals surface area contributed by atoms with Gasteiger partial charge in [0.15, 0.2) is 11.5 Å². The van der Waals surface area contributed by atoms with Crippen LogP contribution in [0.1, 0.15) is 26.7 Å². The maximum absolute atomic E-state index is 10.9. The van der Waals surface area contributed by atoms with Gasteiger partial charge < -0.3 is 14.2 Å². The molecule has 0 fully saturated rings. The fourth-order valence-electron chi connectivity index (χ4n) is 3.15. The van der Waals surface area contributed by atoms with Gasteiger partial charge >= 0.3 is 29.6 Å². The molecule has 0 atom stereocenters. The minimum atomic E-state index is -4.19. The predicted molar refractivity (Wildman–Crippen MR) is 93.0 cm³/mol. The van der Waals surface area contributed by atoms with Gasteiger partial charge in [-0.3, -0.25) is 0 Å². The summed E-state index contributed by atoms with van der Waals surface area (Å²) in [5.74, 6) is 1.19. The van der Waals surface area contributed by atoms with Gasteiger partial charge in [-0.2, -0.15) is 0 Å². The Bertz CT molecular complexity index is 806. The van der Waals surface area contributed by atoms with E-state index in [-0.39, 0.29) is 40.8 Å². The molecule has 5 nitrogen and oxygen atoms in total. The standard InChI is InChI=1S/C18H21NO4S.Na/c1-18(2,12-7-13-24(20,21)22)19-14-8-3-5-10-16(14)23-17-11-6-4-9-15(17)19;/h3-6,8-11H,7,12-13H2,1-2H3,(H,20,21,22);/q;+1/p-1. The molecule has 0 saturated carbocycles.